The number of benzene rings is 2. The van der Waals surface area contributed by atoms with Crippen LogP contribution >= 0.6 is 0 Å². The molecular formula is C23H26N4O6S. The van der Waals surface area contributed by atoms with Crippen molar-refractivity contribution in [2.75, 3.05) is 26.3 Å². The first kappa shape index (κ1) is 23.9. The maximum Gasteiger partial charge on any atom is 0.344 e. The summed E-state index contributed by atoms with van der Waals surface area (Å²) in [7, 11) is -3.81. The van der Waals surface area contributed by atoms with Crippen molar-refractivity contribution < 1.29 is 27.5 Å². The standard InChI is InChI=1S/C23H26N4O6S/c1-23(11-10-17-6-3-2-4-7-17)21(29)27(22(30)24-23)25-20(28)18-8-5-9-19(16-18)34(31,32)26-12-14-33-15-13-26/h2-9,16H,10-15H2,1H3,(H,24,30)(H,25,28)/t23-/m1/s1. The topological polar surface area (TPSA) is 125 Å². The molecule has 2 aliphatic heterocycles. The summed E-state index contributed by atoms with van der Waals surface area (Å²) in [6.45, 7) is 2.66. The third-order valence-corrected chi connectivity index (χ3v) is 7.83. The molecule has 11 heteroatoms. The van der Waals surface area contributed by atoms with Gasteiger partial charge in [-0.1, -0.05) is 36.4 Å². The molecule has 2 saturated heterocycles. The molecule has 180 valence electrons. The number of hydrogen-bond acceptors (Lipinski definition) is 6. The summed E-state index contributed by atoms with van der Waals surface area (Å²) < 4.78 is 32.3. The monoisotopic (exact) mass is 486 g/mol. The second-order valence-electron chi connectivity index (χ2n) is 8.37. The average Bonchev–Trinajstić information content (AvgIpc) is 3.07. The number of hydrazine groups is 1. The van der Waals surface area contributed by atoms with Gasteiger partial charge in [-0.05, 0) is 43.5 Å². The molecule has 2 aliphatic rings. The highest BCUT2D eigenvalue weighted by Gasteiger charge is 2.48. The van der Waals surface area contributed by atoms with Crippen molar-refractivity contribution in [2.24, 2.45) is 0 Å². The fourth-order valence-electron chi connectivity index (χ4n) is 3.89. The van der Waals surface area contributed by atoms with E-state index in [1.54, 1.807) is 6.92 Å². The van der Waals surface area contributed by atoms with Crippen molar-refractivity contribution >= 4 is 27.9 Å². The van der Waals surface area contributed by atoms with E-state index in [0.29, 0.717) is 31.1 Å². The van der Waals surface area contributed by atoms with Gasteiger partial charge in [0.2, 0.25) is 10.0 Å². The molecule has 2 fully saturated rings. The van der Waals surface area contributed by atoms with Crippen molar-refractivity contribution in [3.8, 4) is 0 Å². The highest BCUT2D eigenvalue weighted by molar-refractivity contribution is 7.89. The largest absolute Gasteiger partial charge is 0.379 e. The molecule has 10 nitrogen and oxygen atoms in total. The summed E-state index contributed by atoms with van der Waals surface area (Å²) in [5, 5.41) is 3.29. The maximum atomic E-state index is 13.0. The molecule has 0 bridgehead atoms. The molecule has 0 unspecified atom stereocenters. The number of aryl methyl sites for hydroxylation is 1. The molecule has 2 heterocycles. The second kappa shape index (κ2) is 9.53. The highest BCUT2D eigenvalue weighted by Crippen LogP contribution is 2.23. The van der Waals surface area contributed by atoms with E-state index < -0.39 is 33.4 Å². The van der Waals surface area contributed by atoms with E-state index in [-0.39, 0.29) is 23.5 Å². The minimum absolute atomic E-state index is 0.00724. The summed E-state index contributed by atoms with van der Waals surface area (Å²) in [5.74, 6) is -1.35. The van der Waals surface area contributed by atoms with E-state index in [2.05, 4.69) is 10.7 Å². The Bertz CT molecular complexity index is 1200. The third kappa shape index (κ3) is 4.81. The van der Waals surface area contributed by atoms with Gasteiger partial charge in [0.1, 0.15) is 5.54 Å². The van der Waals surface area contributed by atoms with Crippen LogP contribution in [0.5, 0.6) is 0 Å². The predicted molar refractivity (Wildman–Crippen MR) is 122 cm³/mol. The lowest BCUT2D eigenvalue weighted by Gasteiger charge is -2.26. The van der Waals surface area contributed by atoms with Crippen LogP contribution in [0.1, 0.15) is 29.3 Å². The third-order valence-electron chi connectivity index (χ3n) is 5.93. The second-order valence-corrected chi connectivity index (χ2v) is 10.3. The Morgan fingerprint density at radius 1 is 1.09 bits per heavy atom. The van der Waals surface area contributed by atoms with Crippen molar-refractivity contribution in [2.45, 2.75) is 30.2 Å². The molecule has 2 aromatic rings. The molecule has 0 aromatic heterocycles. The lowest BCUT2D eigenvalue weighted by molar-refractivity contribution is -0.132. The first-order chi connectivity index (χ1) is 16.2. The molecule has 2 N–H and O–H groups in total. The Kier molecular flexibility index (Phi) is 6.69. The van der Waals surface area contributed by atoms with Gasteiger partial charge < -0.3 is 10.1 Å². The Morgan fingerprint density at radius 3 is 2.50 bits per heavy atom. The van der Waals surface area contributed by atoms with Crippen LogP contribution in [0.3, 0.4) is 0 Å². The van der Waals surface area contributed by atoms with Gasteiger partial charge in [0.25, 0.3) is 11.8 Å². The molecule has 2 aromatic carbocycles. The summed E-state index contributed by atoms with van der Waals surface area (Å²) in [5.41, 5.74) is 2.16. The first-order valence-corrected chi connectivity index (χ1v) is 12.3. The number of carbonyl (C=O) groups excluding carboxylic acids is 3. The minimum atomic E-state index is -3.81. The van der Waals surface area contributed by atoms with Gasteiger partial charge >= 0.3 is 6.03 Å². The van der Waals surface area contributed by atoms with Crippen LogP contribution in [0.4, 0.5) is 4.79 Å². The Labute approximate surface area is 197 Å². The van der Waals surface area contributed by atoms with E-state index in [0.717, 1.165) is 5.56 Å². The average molecular weight is 487 g/mol. The number of urea groups is 1. The number of sulfonamides is 1. The summed E-state index contributed by atoms with van der Waals surface area (Å²) in [6.07, 6.45) is 0.911. The van der Waals surface area contributed by atoms with Gasteiger partial charge in [-0.3, -0.25) is 15.0 Å². The fourth-order valence-corrected chi connectivity index (χ4v) is 5.35. The number of morpholine rings is 1. The molecule has 4 rings (SSSR count). The van der Waals surface area contributed by atoms with E-state index in [1.807, 2.05) is 30.3 Å². The number of hydrogen-bond donors (Lipinski definition) is 2. The van der Waals surface area contributed by atoms with E-state index in [9.17, 15) is 22.8 Å². The van der Waals surface area contributed by atoms with Crippen LogP contribution in [0.15, 0.2) is 59.5 Å². The molecule has 0 spiro atoms. The SMILES string of the molecule is C[C@]1(CCc2ccccc2)NC(=O)N(NC(=O)c2cccc(S(=O)(=O)N3CCOCC3)c2)C1=O. The Morgan fingerprint density at radius 2 is 1.79 bits per heavy atom. The normalized spacial score (nSPS) is 21.4. The van der Waals surface area contributed by atoms with Gasteiger partial charge in [-0.2, -0.15) is 9.31 Å². The zero-order chi connectivity index (χ0) is 24.3. The fraction of sp³-hybridized carbons (Fsp3) is 0.348. The number of ether oxygens (including phenoxy) is 1. The number of nitrogens with one attached hydrogen (secondary N) is 2. The quantitative estimate of drug-likeness (QED) is 0.569. The molecule has 0 radical (unpaired) electrons. The first-order valence-electron chi connectivity index (χ1n) is 10.9. The number of carbonyl (C=O) groups is 3. The summed E-state index contributed by atoms with van der Waals surface area (Å²) in [4.78, 5) is 38.2. The van der Waals surface area contributed by atoms with Crippen molar-refractivity contribution in [1.82, 2.24) is 20.1 Å². The van der Waals surface area contributed by atoms with E-state index in [4.69, 9.17) is 4.74 Å². The lowest BCUT2D eigenvalue weighted by atomic mass is 9.93. The number of rotatable bonds is 7. The molecular weight excluding hydrogens is 460 g/mol. The molecule has 0 aliphatic carbocycles. The summed E-state index contributed by atoms with van der Waals surface area (Å²) >= 11 is 0. The Balaban J connectivity index is 1.45. The number of amides is 4. The van der Waals surface area contributed by atoms with Crippen molar-refractivity contribution in [3.05, 3.63) is 65.7 Å². The lowest BCUT2D eigenvalue weighted by Crippen LogP contribution is -2.49. The van der Waals surface area contributed by atoms with Crippen molar-refractivity contribution in [1.29, 1.82) is 0 Å². The van der Waals surface area contributed by atoms with Gasteiger partial charge in [0.05, 0.1) is 18.1 Å². The van der Waals surface area contributed by atoms with Crippen LogP contribution < -0.4 is 10.7 Å². The molecule has 0 saturated carbocycles. The molecule has 34 heavy (non-hydrogen) atoms. The zero-order valence-electron chi connectivity index (χ0n) is 18.7. The molecule has 1 atom stereocenters. The maximum absolute atomic E-state index is 13.0. The number of imide groups is 1. The van der Waals surface area contributed by atoms with Crippen molar-refractivity contribution in [3.63, 3.8) is 0 Å². The van der Waals surface area contributed by atoms with Crippen LogP contribution in [0.2, 0.25) is 0 Å². The van der Waals surface area contributed by atoms with E-state index >= 15 is 0 Å². The van der Waals surface area contributed by atoms with Gasteiger partial charge in [-0.25, -0.2) is 13.2 Å². The van der Waals surface area contributed by atoms with Gasteiger partial charge in [-0.15, -0.1) is 0 Å². The van der Waals surface area contributed by atoms with Crippen LogP contribution in [-0.2, 0) is 26.0 Å². The summed E-state index contributed by atoms with van der Waals surface area (Å²) in [6, 6.07) is 14.3. The smallest absolute Gasteiger partial charge is 0.344 e. The van der Waals surface area contributed by atoms with Crippen LogP contribution in [-0.4, -0.2) is 67.4 Å². The van der Waals surface area contributed by atoms with Gasteiger partial charge in [0.15, 0.2) is 0 Å². The zero-order valence-corrected chi connectivity index (χ0v) is 19.5. The van der Waals surface area contributed by atoms with Crippen LogP contribution in [0.25, 0.3) is 0 Å². The highest BCUT2D eigenvalue weighted by atomic mass is 32.2. The predicted octanol–water partition coefficient (Wildman–Crippen LogP) is 1.30. The Hall–Kier alpha value is -3.28. The van der Waals surface area contributed by atoms with Gasteiger partial charge in [0, 0.05) is 18.7 Å². The van der Waals surface area contributed by atoms with Crippen LogP contribution in [0, 0.1) is 0 Å². The number of nitrogens with zero attached hydrogens (tertiary/aromatic N) is 2. The molecule has 4 amide bonds. The van der Waals surface area contributed by atoms with E-state index in [1.165, 1.54) is 28.6 Å². The minimum Gasteiger partial charge on any atom is -0.379 e.